The van der Waals surface area contributed by atoms with Crippen LogP contribution in [0.1, 0.15) is 13.8 Å². The van der Waals surface area contributed by atoms with Crippen molar-refractivity contribution in [2.24, 2.45) is 0 Å². The van der Waals surface area contributed by atoms with Crippen molar-refractivity contribution < 1.29 is 38.5 Å². The monoisotopic (exact) mass is 584 g/mol. The van der Waals surface area contributed by atoms with E-state index in [2.05, 4.69) is 34.4 Å². The minimum atomic E-state index is -0.796. The Morgan fingerprint density at radius 2 is 1.07 bits per heavy atom. The molecule has 0 fully saturated rings. The first kappa shape index (κ1) is 32.4. The van der Waals surface area contributed by atoms with Crippen LogP contribution in [-0.2, 0) is 19.1 Å². The summed E-state index contributed by atoms with van der Waals surface area (Å²) in [4.78, 5) is 68.9. The molecule has 16 nitrogen and oxygen atoms in total. The summed E-state index contributed by atoms with van der Waals surface area (Å²) in [6, 6.07) is 5.96. The summed E-state index contributed by atoms with van der Waals surface area (Å²) in [6.07, 6.45) is 0. The molecule has 16 heteroatoms. The average Bonchev–Trinajstić information content (AvgIpc) is 2.93. The Bertz CT molecular complexity index is 1330. The Hall–Kier alpha value is -5.80. The molecule has 2 aromatic rings. The fourth-order valence-electron chi connectivity index (χ4n) is 3.13. The Kier molecular flexibility index (Phi) is 11.7. The largest absolute Gasteiger partial charge is 0.460 e. The highest BCUT2D eigenvalue weighted by molar-refractivity contribution is 5.94. The number of hydrogen-bond acceptors (Lipinski definition) is 10. The van der Waals surface area contributed by atoms with Crippen LogP contribution in [0.5, 0.6) is 0 Å². The lowest BCUT2D eigenvalue weighted by molar-refractivity contribution is -0.384. The lowest BCUT2D eigenvalue weighted by Gasteiger charge is -2.11. The number of anilines is 2. The van der Waals surface area contributed by atoms with Crippen molar-refractivity contribution in [3.63, 3.8) is 0 Å². The molecule has 0 heterocycles. The molecule has 0 bridgehead atoms. The minimum absolute atomic E-state index is 0.0682. The van der Waals surface area contributed by atoms with Crippen LogP contribution < -0.4 is 21.3 Å². The number of carbonyl (C=O) groups excluding carboxylic acids is 4. The summed E-state index contributed by atoms with van der Waals surface area (Å²) in [5.41, 5.74) is -0.478. The van der Waals surface area contributed by atoms with Gasteiger partial charge in [-0.25, -0.2) is 19.2 Å². The lowest BCUT2D eigenvalue weighted by Crippen LogP contribution is -2.32. The molecule has 4 amide bonds. The summed E-state index contributed by atoms with van der Waals surface area (Å²) >= 11 is 0. The normalized spacial score (nSPS) is 10.0. The van der Waals surface area contributed by atoms with Crippen molar-refractivity contribution in [1.82, 2.24) is 10.6 Å². The quantitative estimate of drug-likeness (QED) is 0.0879. The van der Waals surface area contributed by atoms with Gasteiger partial charge in [0.25, 0.3) is 11.4 Å². The van der Waals surface area contributed by atoms with Gasteiger partial charge in [-0.05, 0) is 37.1 Å². The maximum absolute atomic E-state index is 12.2. The second kappa shape index (κ2) is 15.1. The number of esters is 2. The number of nitrogens with zero attached hydrogens (tertiary/aromatic N) is 2. The van der Waals surface area contributed by atoms with Crippen molar-refractivity contribution >= 4 is 46.8 Å². The molecular formula is C26H28N6O10. The number of carbonyl (C=O) groups is 4. The van der Waals surface area contributed by atoms with Gasteiger partial charge in [-0.3, -0.25) is 20.2 Å². The van der Waals surface area contributed by atoms with Crippen LogP contribution >= 0.6 is 0 Å². The van der Waals surface area contributed by atoms with Gasteiger partial charge in [-0.1, -0.05) is 25.3 Å². The van der Waals surface area contributed by atoms with Crippen LogP contribution in [-0.4, -0.2) is 60.2 Å². The summed E-state index contributed by atoms with van der Waals surface area (Å²) in [7, 11) is 0. The van der Waals surface area contributed by atoms with Gasteiger partial charge < -0.3 is 30.7 Å². The number of urea groups is 2. The van der Waals surface area contributed by atoms with Crippen molar-refractivity contribution in [2.45, 2.75) is 13.8 Å². The van der Waals surface area contributed by atoms with Gasteiger partial charge in [0.05, 0.1) is 22.9 Å². The molecule has 2 rings (SSSR count). The molecule has 0 radical (unpaired) electrons. The fourth-order valence-corrected chi connectivity index (χ4v) is 3.13. The van der Waals surface area contributed by atoms with E-state index in [1.165, 1.54) is 38.1 Å². The van der Waals surface area contributed by atoms with E-state index in [0.29, 0.717) is 0 Å². The van der Waals surface area contributed by atoms with Crippen LogP contribution in [0.3, 0.4) is 0 Å². The number of benzene rings is 2. The molecule has 0 aliphatic heterocycles. The third kappa shape index (κ3) is 9.74. The van der Waals surface area contributed by atoms with Crippen LogP contribution in [0.15, 0.2) is 60.7 Å². The Labute approximate surface area is 239 Å². The van der Waals surface area contributed by atoms with Gasteiger partial charge in [0.2, 0.25) is 0 Å². The second-order valence-electron chi connectivity index (χ2n) is 8.57. The molecule has 0 unspecified atom stereocenters. The number of hydrogen-bond donors (Lipinski definition) is 4. The van der Waals surface area contributed by atoms with E-state index in [4.69, 9.17) is 9.47 Å². The molecule has 0 saturated carbocycles. The van der Waals surface area contributed by atoms with Crippen LogP contribution in [0.4, 0.5) is 32.3 Å². The summed E-state index contributed by atoms with van der Waals surface area (Å²) < 4.78 is 9.68. The highest BCUT2D eigenvalue weighted by atomic mass is 16.6. The van der Waals surface area contributed by atoms with Gasteiger partial charge in [0.15, 0.2) is 0 Å². The number of ether oxygens (including phenoxy) is 2. The highest BCUT2D eigenvalue weighted by Crippen LogP contribution is 2.34. The standard InChI is InChI=1S/C26H28N6O10/c1-15(2)23(33)41-11-9-27-25(35)29-19-7-5-17(13-21(19)31(37)38)18-6-8-20(22(14-18)32(39)40)30-26(36)28-10-12-42-24(34)16(3)4/h5-8,13-14H,1,3,9-12H2,2,4H3,(H2,27,29,35)(H2,28,30,36). The maximum atomic E-state index is 12.2. The first-order chi connectivity index (χ1) is 19.8. The highest BCUT2D eigenvalue weighted by Gasteiger charge is 2.21. The van der Waals surface area contributed by atoms with Crippen molar-refractivity contribution in [2.75, 3.05) is 36.9 Å². The van der Waals surface area contributed by atoms with Gasteiger partial charge in [-0.15, -0.1) is 0 Å². The first-order valence-electron chi connectivity index (χ1n) is 12.1. The predicted molar refractivity (Wildman–Crippen MR) is 151 cm³/mol. The Balaban J connectivity index is 2.12. The average molecular weight is 585 g/mol. The smallest absolute Gasteiger partial charge is 0.333 e. The summed E-state index contributed by atoms with van der Waals surface area (Å²) in [5.74, 6) is -1.26. The molecule has 42 heavy (non-hydrogen) atoms. The van der Waals surface area contributed by atoms with Crippen molar-refractivity contribution in [1.29, 1.82) is 0 Å². The van der Waals surface area contributed by atoms with Gasteiger partial charge in [0, 0.05) is 23.3 Å². The van der Waals surface area contributed by atoms with Gasteiger partial charge in [0.1, 0.15) is 24.6 Å². The number of nitro groups is 2. The van der Waals surface area contributed by atoms with Crippen LogP contribution in [0.2, 0.25) is 0 Å². The fraction of sp³-hybridized carbons (Fsp3) is 0.231. The molecule has 0 saturated heterocycles. The van der Waals surface area contributed by atoms with E-state index >= 15 is 0 Å². The number of nitrogens with one attached hydrogen (secondary N) is 4. The van der Waals surface area contributed by atoms with Crippen molar-refractivity contribution in [3.8, 4) is 11.1 Å². The van der Waals surface area contributed by atoms with E-state index in [9.17, 15) is 39.4 Å². The topological polar surface area (TPSA) is 221 Å². The van der Waals surface area contributed by atoms with Crippen molar-refractivity contribution in [3.05, 3.63) is 80.9 Å². The predicted octanol–water partition coefficient (Wildman–Crippen LogP) is 3.65. The van der Waals surface area contributed by atoms with E-state index in [-0.39, 0.29) is 60.0 Å². The third-order valence-electron chi connectivity index (χ3n) is 5.16. The molecule has 2 aromatic carbocycles. The first-order valence-corrected chi connectivity index (χ1v) is 12.1. The van der Waals surface area contributed by atoms with Crippen LogP contribution in [0, 0.1) is 20.2 Å². The minimum Gasteiger partial charge on any atom is -0.460 e. The second-order valence-corrected chi connectivity index (χ2v) is 8.57. The maximum Gasteiger partial charge on any atom is 0.333 e. The Morgan fingerprint density at radius 3 is 1.38 bits per heavy atom. The zero-order chi connectivity index (χ0) is 31.4. The summed E-state index contributed by atoms with van der Waals surface area (Å²) in [5, 5.41) is 32.8. The summed E-state index contributed by atoms with van der Waals surface area (Å²) in [6.45, 7) is 9.35. The van der Waals surface area contributed by atoms with Gasteiger partial charge in [-0.2, -0.15) is 0 Å². The molecule has 0 aliphatic rings. The SMILES string of the molecule is C=C(C)C(=O)OCCNC(=O)Nc1ccc(-c2ccc(NC(=O)NCCOC(=O)C(=C)C)c([N+](=O)[O-])c2)cc1[N+](=O)[O-]. The molecule has 4 N–H and O–H groups in total. The molecule has 222 valence electrons. The molecule has 0 spiro atoms. The Morgan fingerprint density at radius 1 is 0.714 bits per heavy atom. The van der Waals surface area contributed by atoms with E-state index < -0.39 is 45.2 Å². The van der Waals surface area contributed by atoms with E-state index in [1.54, 1.807) is 0 Å². The number of rotatable bonds is 13. The molecule has 0 aromatic heterocycles. The molecule has 0 atom stereocenters. The van der Waals surface area contributed by atoms with E-state index in [1.807, 2.05) is 0 Å². The van der Waals surface area contributed by atoms with E-state index in [0.717, 1.165) is 12.1 Å². The van der Waals surface area contributed by atoms with Gasteiger partial charge >= 0.3 is 24.0 Å². The lowest BCUT2D eigenvalue weighted by atomic mass is 10.0. The van der Waals surface area contributed by atoms with Crippen LogP contribution in [0.25, 0.3) is 11.1 Å². The number of nitro benzene ring substituents is 2. The zero-order valence-electron chi connectivity index (χ0n) is 22.7. The number of amides is 4. The molecular weight excluding hydrogens is 556 g/mol. The third-order valence-corrected chi connectivity index (χ3v) is 5.16. The zero-order valence-corrected chi connectivity index (χ0v) is 22.7. The molecule has 0 aliphatic carbocycles.